The van der Waals surface area contributed by atoms with Crippen LogP contribution in [-0.4, -0.2) is 39.2 Å². The summed E-state index contributed by atoms with van der Waals surface area (Å²) in [7, 11) is 0. The lowest BCUT2D eigenvalue weighted by molar-refractivity contribution is -0.137. The molecule has 5 nitrogen and oxygen atoms in total. The third-order valence-corrected chi connectivity index (χ3v) is 3.78. The Labute approximate surface area is 160 Å². The third kappa shape index (κ3) is 8.45. The average molecular weight is 367 g/mol. The van der Waals surface area contributed by atoms with Crippen molar-refractivity contribution >= 4 is 11.8 Å². The summed E-state index contributed by atoms with van der Waals surface area (Å²) in [5.41, 5.74) is 0. The Bertz CT molecular complexity index is 780. The number of carboxylic acid groups (broad SMARTS) is 1. The summed E-state index contributed by atoms with van der Waals surface area (Å²) < 4.78 is 57.4. The molecule has 1 fully saturated rings. The van der Waals surface area contributed by atoms with E-state index in [1.54, 1.807) is 0 Å². The number of Topliss-reactive ketones (excluding diaryl/α,β-unsaturated/α-hetero) is 1. The first-order valence-electron chi connectivity index (χ1n) is 12.1. The van der Waals surface area contributed by atoms with Crippen LogP contribution in [0.15, 0.2) is 24.2 Å². The molecule has 142 valence electrons. The average Bonchev–Trinajstić information content (AvgIpc) is 2.78. The quantitative estimate of drug-likeness (QED) is 0.364. The van der Waals surface area contributed by atoms with Gasteiger partial charge in [0.05, 0.1) is 19.0 Å². The zero-order valence-electron chi connectivity index (χ0n) is 21.6. The molecule has 0 aromatic rings. The highest BCUT2D eigenvalue weighted by Gasteiger charge is 2.39. The van der Waals surface area contributed by atoms with Crippen LogP contribution in [0.4, 0.5) is 0 Å². The van der Waals surface area contributed by atoms with Gasteiger partial charge in [-0.3, -0.25) is 9.59 Å². The van der Waals surface area contributed by atoms with Gasteiger partial charge in [0.1, 0.15) is 5.78 Å². The summed E-state index contributed by atoms with van der Waals surface area (Å²) in [4.78, 5) is 23.2. The van der Waals surface area contributed by atoms with E-state index in [0.717, 1.165) is 6.42 Å². The Morgan fingerprint density at radius 1 is 1.44 bits per heavy atom. The minimum absolute atomic E-state index is 0.0536. The molecule has 3 N–H and O–H groups in total. The molecule has 0 bridgehead atoms. The Morgan fingerprint density at radius 2 is 2.20 bits per heavy atom. The summed E-state index contributed by atoms with van der Waals surface area (Å²) in [6, 6.07) is -1.69. The topological polar surface area (TPSA) is 94.8 Å². The second-order valence-corrected chi connectivity index (χ2v) is 5.91. The van der Waals surface area contributed by atoms with Crippen LogP contribution in [-0.2, 0) is 9.59 Å². The number of aliphatic carboxylic acids is 1. The number of unbranched alkanes of at least 4 members (excludes halogenated alkanes) is 2. The van der Waals surface area contributed by atoms with Crippen LogP contribution >= 0.6 is 0 Å². The monoisotopic (exact) mass is 366 g/mol. The molecular weight excluding hydrogens is 320 g/mol. The molecule has 1 saturated carbocycles. The summed E-state index contributed by atoms with van der Waals surface area (Å²) in [5.74, 6) is -7.53. The number of carbonyl (C=O) groups excluding carboxylic acids is 1. The van der Waals surface area contributed by atoms with Gasteiger partial charge in [-0.25, -0.2) is 0 Å². The van der Waals surface area contributed by atoms with Gasteiger partial charge in [-0.2, -0.15) is 0 Å². The lowest BCUT2D eigenvalue weighted by Crippen LogP contribution is -2.19. The van der Waals surface area contributed by atoms with E-state index >= 15 is 0 Å². The molecule has 0 heterocycles. The van der Waals surface area contributed by atoms with Gasteiger partial charge in [-0.1, -0.05) is 50.4 Å². The second-order valence-electron chi connectivity index (χ2n) is 5.91. The van der Waals surface area contributed by atoms with Crippen molar-refractivity contribution in [1.82, 2.24) is 0 Å². The van der Waals surface area contributed by atoms with Gasteiger partial charge in [0, 0.05) is 27.4 Å². The van der Waals surface area contributed by atoms with Crippen molar-refractivity contribution < 1.29 is 34.5 Å². The molecule has 1 aliphatic carbocycles. The highest BCUT2D eigenvalue weighted by molar-refractivity contribution is 5.86. The van der Waals surface area contributed by atoms with Crippen molar-refractivity contribution in [2.75, 3.05) is 0 Å². The highest BCUT2D eigenvalue weighted by Crippen LogP contribution is 2.33. The zero-order valence-corrected chi connectivity index (χ0v) is 14.6. The third-order valence-electron chi connectivity index (χ3n) is 3.78. The summed E-state index contributed by atoms with van der Waals surface area (Å²) in [6.45, 7) is 1.91. The van der Waals surface area contributed by atoms with Gasteiger partial charge in [-0.05, 0) is 25.7 Å². The largest absolute Gasteiger partial charge is 0.481 e. The first kappa shape index (κ1) is 12.8. The van der Waals surface area contributed by atoms with Crippen molar-refractivity contribution in [3.63, 3.8) is 0 Å². The maximum absolute atomic E-state index is 12.6. The number of hydrogen-bond acceptors (Lipinski definition) is 4. The van der Waals surface area contributed by atoms with E-state index in [9.17, 15) is 19.8 Å². The van der Waals surface area contributed by atoms with Crippen LogP contribution in [0.5, 0.6) is 0 Å². The van der Waals surface area contributed by atoms with Crippen molar-refractivity contribution in [3.05, 3.63) is 24.2 Å². The van der Waals surface area contributed by atoms with Gasteiger partial charge >= 0.3 is 5.97 Å². The van der Waals surface area contributed by atoms with E-state index in [2.05, 4.69) is 0 Å². The standard InChI is InChI=1S/C20H32O5/c1-2-3-6-9-15(21)12-13-17-16(18(22)14-19(17)23)10-7-4-5-8-11-20(24)25/h4,7,12-13,15-18,21-22H,2-3,5-6,8-11,14H2,1H3,(H,24,25)/b7-4-,13-12?/t15-,16+,17+,18-/m0/s1/i4T,7T,12T,15T,16T,17T,18T. The summed E-state index contributed by atoms with van der Waals surface area (Å²) >= 11 is 0. The maximum Gasteiger partial charge on any atom is 0.303 e. The summed E-state index contributed by atoms with van der Waals surface area (Å²) in [6.07, 6.45) is -4.92. The van der Waals surface area contributed by atoms with E-state index in [0.29, 0.717) is 18.9 Å². The van der Waals surface area contributed by atoms with Crippen molar-refractivity contribution in [3.8, 4) is 0 Å². The number of rotatable bonds is 12. The fourth-order valence-electron chi connectivity index (χ4n) is 2.38. The molecule has 1 rings (SSSR count). The number of carbonyl (C=O) groups is 2. The SMILES string of the molecule is [3H]C(=C[C@@]1([3H])C(=O)C[C@]([3H])(O)[C@]1([3H])C/C([3H])=C(/[3H])CCCC(=O)O)[C@@]([3H])(O)CCCCC. The van der Waals surface area contributed by atoms with E-state index < -0.39 is 60.6 Å². The van der Waals surface area contributed by atoms with Crippen molar-refractivity contribution in [2.24, 2.45) is 11.8 Å². The van der Waals surface area contributed by atoms with E-state index in [-0.39, 0.29) is 31.7 Å². The van der Waals surface area contributed by atoms with Crippen molar-refractivity contribution in [2.45, 2.75) is 76.9 Å². The molecule has 0 spiro atoms. The van der Waals surface area contributed by atoms with Crippen LogP contribution in [0.25, 0.3) is 0 Å². The summed E-state index contributed by atoms with van der Waals surface area (Å²) in [5, 5.41) is 29.5. The van der Waals surface area contributed by atoms with Gasteiger partial charge < -0.3 is 15.3 Å². The molecule has 0 saturated heterocycles. The smallest absolute Gasteiger partial charge is 0.303 e. The Kier molecular flexibility index (Phi) is 6.15. The molecule has 0 aromatic heterocycles. The second kappa shape index (κ2) is 12.0. The predicted molar refractivity (Wildman–Crippen MR) is 97.1 cm³/mol. The zero-order chi connectivity index (χ0) is 25.0. The minimum Gasteiger partial charge on any atom is -0.481 e. The number of hydrogen-bond donors (Lipinski definition) is 3. The molecule has 5 heteroatoms. The minimum atomic E-state index is -2.81. The van der Waals surface area contributed by atoms with Crippen LogP contribution in [0.3, 0.4) is 0 Å². The predicted octanol–water partition coefficient (Wildman–Crippen LogP) is 3.25. The fourth-order valence-corrected chi connectivity index (χ4v) is 2.38. The maximum atomic E-state index is 12.6. The number of carboxylic acids is 1. The molecule has 0 radical (unpaired) electrons. The normalized spacial score (nSPS) is 40.5. The molecule has 0 aromatic carbocycles. The van der Waals surface area contributed by atoms with Gasteiger partial charge in [0.2, 0.25) is 0 Å². The van der Waals surface area contributed by atoms with E-state index in [1.165, 1.54) is 0 Å². The number of ketones is 1. The molecule has 0 aliphatic heterocycles. The van der Waals surface area contributed by atoms with Gasteiger partial charge in [0.15, 0.2) is 0 Å². The fraction of sp³-hybridized carbons (Fsp3) is 0.700. The number of allylic oxidation sites excluding steroid dienone is 3. The van der Waals surface area contributed by atoms with Gasteiger partial charge in [-0.15, -0.1) is 0 Å². The molecule has 25 heavy (non-hydrogen) atoms. The molecule has 1 aliphatic rings. The Morgan fingerprint density at radius 3 is 2.88 bits per heavy atom. The highest BCUT2D eigenvalue weighted by atomic mass is 16.4. The van der Waals surface area contributed by atoms with Crippen LogP contribution in [0, 0.1) is 11.8 Å². The molecule has 4 atom stereocenters. The Hall–Kier alpha value is -1.46. The van der Waals surface area contributed by atoms with E-state index in [1.807, 2.05) is 6.92 Å². The number of aliphatic hydroxyl groups is 2. The van der Waals surface area contributed by atoms with Gasteiger partial charge in [0.25, 0.3) is 0 Å². The van der Waals surface area contributed by atoms with E-state index in [4.69, 9.17) is 14.7 Å². The first-order chi connectivity index (χ1) is 14.5. The lowest BCUT2D eigenvalue weighted by Gasteiger charge is -2.17. The Balaban J connectivity index is 3.31. The molecular formula is C20H32O5. The molecule has 0 amide bonds. The van der Waals surface area contributed by atoms with Crippen LogP contribution in [0.1, 0.15) is 74.3 Å². The van der Waals surface area contributed by atoms with Crippen LogP contribution in [0.2, 0.25) is 0 Å². The van der Waals surface area contributed by atoms with Crippen LogP contribution < -0.4 is 0 Å². The first-order valence-corrected chi connectivity index (χ1v) is 8.59. The van der Waals surface area contributed by atoms with Crippen molar-refractivity contribution in [1.29, 1.82) is 0 Å². The molecule has 0 unspecified atom stereocenters. The lowest BCUT2D eigenvalue weighted by atomic mass is 9.90.